The van der Waals surface area contributed by atoms with Gasteiger partial charge in [0.25, 0.3) is 0 Å². The standard InChI is InChI=1S/C22H19F4N5O3S/c23-15-2-4-17(5-3-15)35(33,34)31-10-9-21(31,20(27)32)8-7-16-11-18(30-13-29-16)14-1-6-19(28-12-14)22(24,25)26/h1-6,11-13H,7-10H2,(H2,27,32)/t21-/m0/s1. The van der Waals surface area contributed by atoms with Gasteiger partial charge in [0.2, 0.25) is 15.9 Å². The lowest BCUT2D eigenvalue weighted by atomic mass is 9.82. The summed E-state index contributed by atoms with van der Waals surface area (Å²) in [5.74, 6) is -1.42. The van der Waals surface area contributed by atoms with Gasteiger partial charge in [-0.1, -0.05) is 0 Å². The minimum atomic E-state index is -4.57. The Kier molecular flexibility index (Phi) is 6.32. The first-order chi connectivity index (χ1) is 16.4. The van der Waals surface area contributed by atoms with Crippen LogP contribution in [0.4, 0.5) is 17.6 Å². The molecule has 1 fully saturated rings. The SMILES string of the molecule is NC(=O)[C@]1(CCc2cc(-c3ccc(C(F)(F)F)nc3)ncn2)CCN1S(=O)(=O)c1ccc(F)cc1. The number of nitrogens with two attached hydrogens (primary N) is 1. The van der Waals surface area contributed by atoms with E-state index >= 15 is 0 Å². The van der Waals surface area contributed by atoms with Gasteiger partial charge in [0.05, 0.1) is 10.6 Å². The Morgan fingerprint density at radius 1 is 1.09 bits per heavy atom. The highest BCUT2D eigenvalue weighted by Gasteiger charge is 2.55. The lowest BCUT2D eigenvalue weighted by Crippen LogP contribution is -2.68. The molecule has 1 aliphatic heterocycles. The van der Waals surface area contributed by atoms with Crippen molar-refractivity contribution in [2.45, 2.75) is 35.9 Å². The normalized spacial score (nSPS) is 18.7. The fourth-order valence-corrected chi connectivity index (χ4v) is 5.71. The fourth-order valence-electron chi connectivity index (χ4n) is 3.92. The molecular formula is C22H19F4N5O3S. The molecule has 1 atom stereocenters. The molecule has 3 aromatic rings. The van der Waals surface area contributed by atoms with Crippen molar-refractivity contribution >= 4 is 15.9 Å². The van der Waals surface area contributed by atoms with Crippen LogP contribution in [0.1, 0.15) is 24.2 Å². The molecule has 8 nitrogen and oxygen atoms in total. The molecule has 3 heterocycles. The van der Waals surface area contributed by atoms with Crippen LogP contribution in [-0.2, 0) is 27.4 Å². The smallest absolute Gasteiger partial charge is 0.368 e. The monoisotopic (exact) mass is 509 g/mol. The summed E-state index contributed by atoms with van der Waals surface area (Å²) in [4.78, 5) is 23.8. The summed E-state index contributed by atoms with van der Waals surface area (Å²) in [6, 6.07) is 7.85. The average molecular weight is 509 g/mol. The highest BCUT2D eigenvalue weighted by molar-refractivity contribution is 7.89. The predicted molar refractivity (Wildman–Crippen MR) is 115 cm³/mol. The van der Waals surface area contributed by atoms with Gasteiger partial charge in [-0.3, -0.25) is 9.78 Å². The maximum absolute atomic E-state index is 13.2. The number of primary amides is 1. The van der Waals surface area contributed by atoms with E-state index in [-0.39, 0.29) is 30.7 Å². The van der Waals surface area contributed by atoms with Crippen molar-refractivity contribution in [3.8, 4) is 11.3 Å². The maximum atomic E-state index is 13.2. The number of alkyl halides is 3. The minimum Gasteiger partial charge on any atom is -0.368 e. The Bertz CT molecular complexity index is 1350. The Balaban J connectivity index is 1.55. The summed E-state index contributed by atoms with van der Waals surface area (Å²) < 4.78 is 78.7. The molecule has 1 aromatic carbocycles. The van der Waals surface area contributed by atoms with Crippen molar-refractivity contribution in [3.05, 3.63) is 72.2 Å². The summed E-state index contributed by atoms with van der Waals surface area (Å²) in [5, 5.41) is 0. The Hall–Kier alpha value is -3.45. The first-order valence-electron chi connectivity index (χ1n) is 10.4. The van der Waals surface area contributed by atoms with Crippen molar-refractivity contribution < 1.29 is 30.8 Å². The first kappa shape index (κ1) is 24.7. The van der Waals surface area contributed by atoms with Gasteiger partial charge in [-0.15, -0.1) is 0 Å². The summed E-state index contributed by atoms with van der Waals surface area (Å²) in [6.45, 7) is 0.0644. The number of carbonyl (C=O) groups is 1. The van der Waals surface area contributed by atoms with E-state index in [1.54, 1.807) is 0 Å². The third kappa shape index (κ3) is 4.73. The molecular weight excluding hydrogens is 490 g/mol. The molecule has 1 saturated heterocycles. The fraction of sp³-hybridized carbons (Fsp3) is 0.273. The van der Waals surface area contributed by atoms with Crippen LogP contribution in [0.3, 0.4) is 0 Å². The average Bonchev–Trinajstić information content (AvgIpc) is 2.78. The van der Waals surface area contributed by atoms with E-state index in [1.807, 2.05) is 0 Å². The molecule has 1 amide bonds. The quantitative estimate of drug-likeness (QED) is 0.489. The third-order valence-corrected chi connectivity index (χ3v) is 7.91. The molecule has 0 unspecified atom stereocenters. The second kappa shape index (κ2) is 8.96. The number of rotatable bonds is 7. The van der Waals surface area contributed by atoms with E-state index < -0.39 is 39.2 Å². The van der Waals surface area contributed by atoms with Gasteiger partial charge >= 0.3 is 6.18 Å². The van der Waals surface area contributed by atoms with Crippen LogP contribution in [0.2, 0.25) is 0 Å². The Morgan fingerprint density at radius 3 is 2.34 bits per heavy atom. The van der Waals surface area contributed by atoms with Crippen molar-refractivity contribution in [1.29, 1.82) is 0 Å². The molecule has 0 saturated carbocycles. The summed E-state index contributed by atoms with van der Waals surface area (Å²) in [7, 11) is -4.11. The van der Waals surface area contributed by atoms with E-state index in [0.29, 0.717) is 17.0 Å². The minimum absolute atomic E-state index is 0.0183. The molecule has 4 rings (SSSR count). The van der Waals surface area contributed by atoms with Crippen molar-refractivity contribution in [2.75, 3.05) is 6.54 Å². The molecule has 35 heavy (non-hydrogen) atoms. The number of nitrogens with zero attached hydrogens (tertiary/aromatic N) is 4. The molecule has 0 spiro atoms. The van der Waals surface area contributed by atoms with Crippen LogP contribution in [0.25, 0.3) is 11.3 Å². The number of hydrogen-bond acceptors (Lipinski definition) is 6. The predicted octanol–water partition coefficient (Wildman–Crippen LogP) is 2.95. The number of sulfonamides is 1. The summed E-state index contributed by atoms with van der Waals surface area (Å²) in [6.07, 6.45) is -1.95. The van der Waals surface area contributed by atoms with Crippen LogP contribution < -0.4 is 5.73 Å². The van der Waals surface area contributed by atoms with Gasteiger partial charge in [0.15, 0.2) is 0 Å². The molecule has 184 valence electrons. The first-order valence-corrected chi connectivity index (χ1v) is 11.8. The van der Waals surface area contributed by atoms with Crippen LogP contribution in [0, 0.1) is 5.82 Å². The van der Waals surface area contributed by atoms with E-state index in [0.717, 1.165) is 40.8 Å². The third-order valence-electron chi connectivity index (χ3n) is 5.93. The van der Waals surface area contributed by atoms with Gasteiger partial charge < -0.3 is 5.73 Å². The second-order valence-electron chi connectivity index (χ2n) is 8.00. The number of hydrogen-bond donors (Lipinski definition) is 1. The molecule has 0 bridgehead atoms. The van der Waals surface area contributed by atoms with E-state index in [9.17, 15) is 30.8 Å². The van der Waals surface area contributed by atoms with Crippen LogP contribution in [-0.4, -0.2) is 45.7 Å². The lowest BCUT2D eigenvalue weighted by molar-refractivity contribution is -0.141. The number of aryl methyl sites for hydroxylation is 1. The molecule has 0 aliphatic carbocycles. The highest BCUT2D eigenvalue weighted by Crippen LogP contribution is 2.39. The number of halogens is 4. The molecule has 0 radical (unpaired) electrons. The van der Waals surface area contributed by atoms with Gasteiger partial charge in [-0.05, 0) is 61.7 Å². The molecule has 13 heteroatoms. The van der Waals surface area contributed by atoms with Crippen molar-refractivity contribution in [3.63, 3.8) is 0 Å². The Labute approximate surface area is 197 Å². The lowest BCUT2D eigenvalue weighted by Gasteiger charge is -2.49. The number of carbonyl (C=O) groups excluding carboxylic acids is 1. The zero-order chi connectivity index (χ0) is 25.4. The van der Waals surface area contributed by atoms with Gasteiger partial charge in [-0.25, -0.2) is 22.8 Å². The van der Waals surface area contributed by atoms with Gasteiger partial charge in [-0.2, -0.15) is 17.5 Å². The van der Waals surface area contributed by atoms with Gasteiger partial charge in [0, 0.05) is 24.0 Å². The Morgan fingerprint density at radius 2 is 1.80 bits per heavy atom. The highest BCUT2D eigenvalue weighted by atomic mass is 32.2. The summed E-state index contributed by atoms with van der Waals surface area (Å²) >= 11 is 0. The van der Waals surface area contributed by atoms with Crippen molar-refractivity contribution in [2.24, 2.45) is 5.73 Å². The maximum Gasteiger partial charge on any atom is 0.433 e. The topological polar surface area (TPSA) is 119 Å². The zero-order valence-electron chi connectivity index (χ0n) is 18.0. The largest absolute Gasteiger partial charge is 0.433 e. The zero-order valence-corrected chi connectivity index (χ0v) is 18.9. The van der Waals surface area contributed by atoms with E-state index in [4.69, 9.17) is 5.73 Å². The van der Waals surface area contributed by atoms with Crippen LogP contribution >= 0.6 is 0 Å². The summed E-state index contributed by atoms with van der Waals surface area (Å²) in [5.41, 5.74) is 4.17. The molecule has 2 N–H and O–H groups in total. The van der Waals surface area contributed by atoms with Crippen molar-refractivity contribution in [1.82, 2.24) is 19.3 Å². The van der Waals surface area contributed by atoms with Gasteiger partial charge in [0.1, 0.15) is 23.4 Å². The number of pyridine rings is 1. The van der Waals surface area contributed by atoms with Crippen LogP contribution in [0.5, 0.6) is 0 Å². The number of benzene rings is 1. The molecule has 2 aromatic heterocycles. The number of aromatic nitrogens is 3. The van der Waals surface area contributed by atoms with Crippen LogP contribution in [0.15, 0.2) is 59.9 Å². The second-order valence-corrected chi connectivity index (χ2v) is 9.86. The molecule has 1 aliphatic rings. The van der Waals surface area contributed by atoms with E-state index in [2.05, 4.69) is 15.0 Å². The number of amides is 1. The van der Waals surface area contributed by atoms with E-state index in [1.165, 1.54) is 18.5 Å².